The number of nitrogens with one attached hydrogen (secondary N) is 2. The topological polar surface area (TPSA) is 64.7 Å². The van der Waals surface area contributed by atoms with Crippen LogP contribution in [0, 0.1) is 5.92 Å². The van der Waals surface area contributed by atoms with Crippen molar-refractivity contribution in [1.82, 2.24) is 20.4 Å². The van der Waals surface area contributed by atoms with E-state index < -0.39 is 6.04 Å². The zero-order chi connectivity index (χ0) is 22.9. The smallest absolute Gasteiger partial charge is 0.245 e. The minimum Gasteiger partial charge on any atom is -0.343 e. The Bertz CT molecular complexity index is 726. The van der Waals surface area contributed by atoms with Crippen molar-refractivity contribution in [3.05, 3.63) is 35.9 Å². The lowest BCUT2D eigenvalue weighted by Crippen LogP contribution is -2.55. The van der Waals surface area contributed by atoms with Gasteiger partial charge >= 0.3 is 0 Å². The second kappa shape index (κ2) is 12.4. The summed E-state index contributed by atoms with van der Waals surface area (Å²) in [4.78, 5) is 30.8. The Balaban J connectivity index is 1.65. The zero-order valence-electron chi connectivity index (χ0n) is 20.2. The number of likely N-dealkylation sites (tertiary alicyclic amines) is 2. The van der Waals surface area contributed by atoms with Crippen LogP contribution in [0.4, 0.5) is 0 Å². The van der Waals surface area contributed by atoms with Crippen LogP contribution < -0.4 is 10.6 Å². The van der Waals surface area contributed by atoms with Gasteiger partial charge < -0.3 is 20.4 Å². The van der Waals surface area contributed by atoms with E-state index in [9.17, 15) is 9.59 Å². The summed E-state index contributed by atoms with van der Waals surface area (Å²) in [6.45, 7) is 7.87. The van der Waals surface area contributed by atoms with Gasteiger partial charge in [0.05, 0.1) is 6.04 Å². The summed E-state index contributed by atoms with van der Waals surface area (Å²) in [6, 6.07) is 10.2. The maximum Gasteiger partial charge on any atom is 0.245 e. The first-order valence-corrected chi connectivity index (χ1v) is 12.6. The standard InChI is InChI=1S/C26H42N4O2/c1-4-5-13-23(28-25(31)20(2)27-3)26(32)30-18-15-22-12-9-16-29(19-24(22)30)17-14-21-10-7-6-8-11-21/h6-8,10-11,20,22-24,27H,4-5,9,12-19H2,1-3H3,(H,28,31)/t20-,22+,23-,24+/m0/s1. The molecular formula is C26H42N4O2. The monoisotopic (exact) mass is 442 g/mol. The molecule has 0 unspecified atom stereocenters. The molecule has 0 aliphatic carbocycles. The van der Waals surface area contributed by atoms with E-state index in [1.165, 1.54) is 18.4 Å². The molecule has 0 spiro atoms. The molecule has 1 aromatic rings. The molecule has 3 rings (SSSR count). The Hall–Kier alpha value is -1.92. The summed E-state index contributed by atoms with van der Waals surface area (Å²) < 4.78 is 0. The molecule has 4 atom stereocenters. The molecule has 178 valence electrons. The predicted molar refractivity (Wildman–Crippen MR) is 129 cm³/mol. The number of benzene rings is 1. The Morgan fingerprint density at radius 1 is 1.16 bits per heavy atom. The Morgan fingerprint density at radius 3 is 2.66 bits per heavy atom. The molecule has 1 aromatic carbocycles. The Kier molecular flexibility index (Phi) is 9.54. The fraction of sp³-hybridized carbons (Fsp3) is 0.692. The van der Waals surface area contributed by atoms with E-state index in [4.69, 9.17) is 0 Å². The highest BCUT2D eigenvalue weighted by Gasteiger charge is 2.41. The van der Waals surface area contributed by atoms with Crippen LogP contribution >= 0.6 is 0 Å². The van der Waals surface area contributed by atoms with E-state index in [0.29, 0.717) is 12.3 Å². The van der Waals surface area contributed by atoms with E-state index in [-0.39, 0.29) is 23.9 Å². The maximum atomic E-state index is 13.6. The number of carbonyl (C=O) groups excluding carboxylic acids is 2. The fourth-order valence-corrected chi connectivity index (χ4v) is 5.14. The van der Waals surface area contributed by atoms with Gasteiger partial charge in [0, 0.05) is 25.7 Å². The van der Waals surface area contributed by atoms with Gasteiger partial charge in [0.15, 0.2) is 0 Å². The molecule has 2 fully saturated rings. The molecule has 6 nitrogen and oxygen atoms in total. The van der Waals surface area contributed by atoms with Crippen molar-refractivity contribution in [2.75, 3.05) is 33.2 Å². The number of hydrogen-bond acceptors (Lipinski definition) is 4. The van der Waals surface area contributed by atoms with Crippen LogP contribution in [0.3, 0.4) is 0 Å². The normalized spacial score (nSPS) is 23.3. The summed E-state index contributed by atoms with van der Waals surface area (Å²) in [5.74, 6) is 0.606. The number of nitrogens with zero attached hydrogens (tertiary/aromatic N) is 2. The number of unbranched alkanes of at least 4 members (excludes halogenated alkanes) is 1. The molecular weight excluding hydrogens is 400 g/mol. The number of likely N-dealkylation sites (N-methyl/N-ethyl adjacent to an activating group) is 1. The summed E-state index contributed by atoms with van der Waals surface area (Å²) in [7, 11) is 1.77. The van der Waals surface area contributed by atoms with E-state index in [1.54, 1.807) is 7.05 Å². The third-order valence-corrected chi connectivity index (χ3v) is 7.31. The average molecular weight is 443 g/mol. The quantitative estimate of drug-likeness (QED) is 0.585. The van der Waals surface area contributed by atoms with Crippen LogP contribution in [0.15, 0.2) is 30.3 Å². The van der Waals surface area contributed by atoms with Crippen LogP contribution in [0.25, 0.3) is 0 Å². The second-order valence-electron chi connectivity index (χ2n) is 9.54. The van der Waals surface area contributed by atoms with E-state index in [1.807, 2.05) is 6.92 Å². The summed E-state index contributed by atoms with van der Waals surface area (Å²) in [5, 5.41) is 6.02. The van der Waals surface area contributed by atoms with Gasteiger partial charge in [-0.3, -0.25) is 9.59 Å². The van der Waals surface area contributed by atoms with Crippen LogP contribution in [0.1, 0.15) is 57.9 Å². The highest BCUT2D eigenvalue weighted by Crippen LogP contribution is 2.32. The summed E-state index contributed by atoms with van der Waals surface area (Å²) in [5.41, 5.74) is 1.37. The molecule has 0 saturated carbocycles. The lowest BCUT2D eigenvalue weighted by atomic mass is 9.96. The number of fused-ring (bicyclic) bond motifs is 1. The lowest BCUT2D eigenvalue weighted by molar-refractivity contribution is -0.138. The molecule has 0 bridgehead atoms. The number of hydrogen-bond donors (Lipinski definition) is 2. The van der Waals surface area contributed by atoms with Gasteiger partial charge in [0.1, 0.15) is 6.04 Å². The van der Waals surface area contributed by atoms with Gasteiger partial charge in [-0.05, 0) is 64.1 Å². The number of amides is 2. The predicted octanol–water partition coefficient (Wildman–Crippen LogP) is 2.82. The summed E-state index contributed by atoms with van der Waals surface area (Å²) >= 11 is 0. The highest BCUT2D eigenvalue weighted by atomic mass is 16.2. The SMILES string of the molecule is CCCC[C@H](NC(=O)[C@H](C)NC)C(=O)N1CC[C@H]2CCCN(CCc3ccccc3)C[C@H]21. The molecule has 0 radical (unpaired) electrons. The lowest BCUT2D eigenvalue weighted by Gasteiger charge is -2.33. The van der Waals surface area contributed by atoms with Crippen LogP contribution in [0.2, 0.25) is 0 Å². The third-order valence-electron chi connectivity index (χ3n) is 7.31. The molecule has 6 heteroatoms. The van der Waals surface area contributed by atoms with Crippen molar-refractivity contribution < 1.29 is 9.59 Å². The molecule has 2 aliphatic rings. The number of rotatable bonds is 10. The van der Waals surface area contributed by atoms with Crippen molar-refractivity contribution in [2.24, 2.45) is 5.92 Å². The minimum atomic E-state index is -0.418. The van der Waals surface area contributed by atoms with Gasteiger partial charge in [-0.15, -0.1) is 0 Å². The van der Waals surface area contributed by atoms with Crippen LogP contribution in [-0.4, -0.2) is 73.0 Å². The first-order chi connectivity index (χ1) is 15.5. The van der Waals surface area contributed by atoms with Crippen LogP contribution in [-0.2, 0) is 16.0 Å². The van der Waals surface area contributed by atoms with Crippen molar-refractivity contribution in [1.29, 1.82) is 0 Å². The van der Waals surface area contributed by atoms with Crippen molar-refractivity contribution in [3.63, 3.8) is 0 Å². The zero-order valence-corrected chi connectivity index (χ0v) is 20.2. The molecule has 2 N–H and O–H groups in total. The Labute approximate surface area is 194 Å². The third kappa shape index (κ3) is 6.55. The first kappa shape index (κ1) is 24.7. The second-order valence-corrected chi connectivity index (χ2v) is 9.54. The van der Waals surface area contributed by atoms with Gasteiger partial charge in [-0.1, -0.05) is 50.1 Å². The molecule has 2 amide bonds. The first-order valence-electron chi connectivity index (χ1n) is 12.6. The Morgan fingerprint density at radius 2 is 1.94 bits per heavy atom. The largest absolute Gasteiger partial charge is 0.343 e. The summed E-state index contributed by atoms with van der Waals surface area (Å²) in [6.07, 6.45) is 7.19. The van der Waals surface area contributed by atoms with Gasteiger partial charge in [-0.25, -0.2) is 0 Å². The van der Waals surface area contributed by atoms with Gasteiger partial charge in [0.2, 0.25) is 11.8 Å². The van der Waals surface area contributed by atoms with Crippen molar-refractivity contribution in [2.45, 2.75) is 76.9 Å². The fourth-order valence-electron chi connectivity index (χ4n) is 5.14. The molecule has 32 heavy (non-hydrogen) atoms. The maximum absolute atomic E-state index is 13.6. The average Bonchev–Trinajstić information content (AvgIpc) is 3.10. The molecule has 2 aliphatic heterocycles. The molecule has 2 saturated heterocycles. The van der Waals surface area contributed by atoms with E-state index in [0.717, 1.165) is 51.9 Å². The minimum absolute atomic E-state index is 0.0944. The molecule has 0 aromatic heterocycles. The van der Waals surface area contributed by atoms with Gasteiger partial charge in [-0.2, -0.15) is 0 Å². The van der Waals surface area contributed by atoms with Crippen LogP contribution in [0.5, 0.6) is 0 Å². The van der Waals surface area contributed by atoms with E-state index in [2.05, 4.69) is 57.7 Å². The van der Waals surface area contributed by atoms with Gasteiger partial charge in [0.25, 0.3) is 0 Å². The van der Waals surface area contributed by atoms with Crippen molar-refractivity contribution >= 4 is 11.8 Å². The molecule has 2 heterocycles. The van der Waals surface area contributed by atoms with Crippen molar-refractivity contribution in [3.8, 4) is 0 Å². The number of carbonyl (C=O) groups is 2. The van der Waals surface area contributed by atoms with E-state index >= 15 is 0 Å². The highest BCUT2D eigenvalue weighted by molar-refractivity contribution is 5.89.